The smallest absolute Gasteiger partial charge is 0.219 e. The summed E-state index contributed by atoms with van der Waals surface area (Å²) in [4.78, 5) is 24.1. The van der Waals surface area contributed by atoms with Crippen LogP contribution in [0.3, 0.4) is 0 Å². The highest BCUT2D eigenvalue weighted by molar-refractivity contribution is 5.73. The first-order valence-electron chi connectivity index (χ1n) is 6.69. The van der Waals surface area contributed by atoms with Crippen molar-refractivity contribution in [2.45, 2.75) is 20.3 Å². The second-order valence-electron chi connectivity index (χ2n) is 4.62. The molecular formula is C13H21N5O. The fraction of sp³-hybridized carbons (Fsp3) is 0.615. The lowest BCUT2D eigenvalue weighted by atomic mass is 10.2. The fourth-order valence-electron chi connectivity index (χ4n) is 2.45. The van der Waals surface area contributed by atoms with Crippen LogP contribution >= 0.6 is 0 Å². The molecule has 1 N–H and O–H groups in total. The Bertz CT molecular complexity index is 454. The molecule has 1 aliphatic rings. The van der Waals surface area contributed by atoms with Gasteiger partial charge in [0.25, 0.3) is 0 Å². The van der Waals surface area contributed by atoms with E-state index in [0.29, 0.717) is 0 Å². The lowest BCUT2D eigenvalue weighted by Gasteiger charge is -2.35. The first kappa shape index (κ1) is 13.6. The largest absolute Gasteiger partial charge is 0.373 e. The van der Waals surface area contributed by atoms with Gasteiger partial charge >= 0.3 is 0 Å². The molecule has 2 rings (SSSR count). The van der Waals surface area contributed by atoms with Crippen LogP contribution in [0.15, 0.2) is 6.33 Å². The highest BCUT2D eigenvalue weighted by Crippen LogP contribution is 2.24. The first-order valence-corrected chi connectivity index (χ1v) is 6.69. The van der Waals surface area contributed by atoms with Crippen molar-refractivity contribution < 1.29 is 4.79 Å². The summed E-state index contributed by atoms with van der Waals surface area (Å²) in [5.74, 6) is 2.03. The molecule has 19 heavy (non-hydrogen) atoms. The highest BCUT2D eigenvalue weighted by atomic mass is 16.2. The number of nitrogens with one attached hydrogen (secondary N) is 1. The standard InChI is InChI=1S/C13H21N5O/c1-4-11-12(14-3)15-9-16-13(11)18-7-5-17(6-8-18)10(2)19/h9H,4-8H2,1-3H3,(H,14,15,16). The predicted molar refractivity (Wildman–Crippen MR) is 75.4 cm³/mol. The van der Waals surface area contributed by atoms with Crippen LogP contribution in [-0.4, -0.2) is 54.0 Å². The second kappa shape index (κ2) is 5.86. The van der Waals surface area contributed by atoms with Gasteiger partial charge in [-0.3, -0.25) is 4.79 Å². The van der Waals surface area contributed by atoms with E-state index in [1.54, 1.807) is 13.3 Å². The van der Waals surface area contributed by atoms with Crippen LogP contribution in [0.1, 0.15) is 19.4 Å². The highest BCUT2D eigenvalue weighted by Gasteiger charge is 2.22. The number of anilines is 2. The van der Waals surface area contributed by atoms with E-state index in [1.165, 1.54) is 0 Å². The van der Waals surface area contributed by atoms with Crippen molar-refractivity contribution in [2.24, 2.45) is 0 Å². The van der Waals surface area contributed by atoms with Gasteiger partial charge in [0.05, 0.1) is 0 Å². The van der Waals surface area contributed by atoms with Crippen molar-refractivity contribution in [3.63, 3.8) is 0 Å². The number of piperazine rings is 1. The second-order valence-corrected chi connectivity index (χ2v) is 4.62. The van der Waals surface area contributed by atoms with Gasteiger partial charge < -0.3 is 15.1 Å². The van der Waals surface area contributed by atoms with Crippen LogP contribution in [0.2, 0.25) is 0 Å². The van der Waals surface area contributed by atoms with Crippen LogP contribution in [0.5, 0.6) is 0 Å². The van der Waals surface area contributed by atoms with Gasteiger partial charge in [-0.1, -0.05) is 6.92 Å². The van der Waals surface area contributed by atoms with Gasteiger partial charge in [-0.2, -0.15) is 0 Å². The Balaban J connectivity index is 2.17. The number of rotatable bonds is 3. The van der Waals surface area contributed by atoms with Gasteiger partial charge in [0.2, 0.25) is 5.91 Å². The average Bonchev–Trinajstić information content (AvgIpc) is 2.46. The molecule has 0 atom stereocenters. The summed E-state index contributed by atoms with van der Waals surface area (Å²) in [7, 11) is 1.87. The minimum atomic E-state index is 0.147. The Hall–Kier alpha value is -1.85. The maximum Gasteiger partial charge on any atom is 0.219 e. The lowest BCUT2D eigenvalue weighted by Crippen LogP contribution is -2.48. The topological polar surface area (TPSA) is 61.4 Å². The molecule has 0 radical (unpaired) electrons. The van der Waals surface area contributed by atoms with E-state index in [2.05, 4.69) is 27.1 Å². The third-order valence-electron chi connectivity index (χ3n) is 3.54. The molecule has 0 aromatic carbocycles. The molecular weight excluding hydrogens is 242 g/mol. The summed E-state index contributed by atoms with van der Waals surface area (Å²) in [6, 6.07) is 0. The van der Waals surface area contributed by atoms with Gasteiger partial charge in [-0.05, 0) is 6.42 Å². The monoisotopic (exact) mass is 263 g/mol. The molecule has 1 aromatic rings. The summed E-state index contributed by atoms with van der Waals surface area (Å²) in [5, 5.41) is 3.11. The summed E-state index contributed by atoms with van der Waals surface area (Å²) < 4.78 is 0. The van der Waals surface area contributed by atoms with Gasteiger partial charge in [-0.25, -0.2) is 9.97 Å². The Morgan fingerprint density at radius 2 is 2.00 bits per heavy atom. The van der Waals surface area contributed by atoms with Crippen molar-refractivity contribution in [3.8, 4) is 0 Å². The number of hydrogen-bond acceptors (Lipinski definition) is 5. The molecule has 6 heteroatoms. The van der Waals surface area contributed by atoms with E-state index in [9.17, 15) is 4.79 Å². The first-order chi connectivity index (χ1) is 9.17. The van der Waals surface area contributed by atoms with Crippen molar-refractivity contribution in [1.82, 2.24) is 14.9 Å². The molecule has 0 saturated carbocycles. The molecule has 1 saturated heterocycles. The fourth-order valence-corrected chi connectivity index (χ4v) is 2.45. The number of hydrogen-bond donors (Lipinski definition) is 1. The quantitative estimate of drug-likeness (QED) is 0.872. The summed E-state index contributed by atoms with van der Waals surface area (Å²) in [6.07, 6.45) is 2.48. The van der Waals surface area contributed by atoms with Crippen LogP contribution < -0.4 is 10.2 Å². The van der Waals surface area contributed by atoms with Crippen LogP contribution in [0.4, 0.5) is 11.6 Å². The van der Waals surface area contributed by atoms with Crippen LogP contribution in [0, 0.1) is 0 Å². The summed E-state index contributed by atoms with van der Waals surface area (Å²) in [6.45, 7) is 6.90. The Morgan fingerprint density at radius 3 is 2.53 bits per heavy atom. The molecule has 0 spiro atoms. The van der Waals surface area contributed by atoms with E-state index in [1.807, 2.05) is 11.9 Å². The molecule has 6 nitrogen and oxygen atoms in total. The molecule has 1 fully saturated rings. The van der Waals surface area contributed by atoms with E-state index in [4.69, 9.17) is 0 Å². The number of aromatic nitrogens is 2. The molecule has 2 heterocycles. The van der Waals surface area contributed by atoms with Crippen molar-refractivity contribution in [2.75, 3.05) is 43.4 Å². The van der Waals surface area contributed by atoms with Crippen molar-refractivity contribution in [1.29, 1.82) is 0 Å². The van der Waals surface area contributed by atoms with Gasteiger partial charge in [0.15, 0.2) is 0 Å². The molecule has 104 valence electrons. The van der Waals surface area contributed by atoms with E-state index in [0.717, 1.165) is 49.8 Å². The van der Waals surface area contributed by atoms with Crippen molar-refractivity contribution >= 4 is 17.5 Å². The molecule has 1 amide bonds. The molecule has 0 aliphatic carbocycles. The van der Waals surface area contributed by atoms with Gasteiger partial charge in [-0.15, -0.1) is 0 Å². The van der Waals surface area contributed by atoms with Gasteiger partial charge in [0.1, 0.15) is 18.0 Å². The van der Waals surface area contributed by atoms with Crippen LogP contribution in [-0.2, 0) is 11.2 Å². The normalized spacial score (nSPS) is 15.5. The van der Waals surface area contributed by atoms with Gasteiger partial charge in [0, 0.05) is 45.7 Å². The Labute approximate surface area is 113 Å². The summed E-state index contributed by atoms with van der Waals surface area (Å²) >= 11 is 0. The van der Waals surface area contributed by atoms with Crippen LogP contribution in [0.25, 0.3) is 0 Å². The zero-order valence-corrected chi connectivity index (χ0v) is 11.8. The third kappa shape index (κ3) is 2.77. The molecule has 0 unspecified atom stereocenters. The number of carbonyl (C=O) groups is 1. The molecule has 1 aliphatic heterocycles. The zero-order valence-electron chi connectivity index (χ0n) is 11.8. The lowest BCUT2D eigenvalue weighted by molar-refractivity contribution is -0.129. The number of carbonyl (C=O) groups excluding carboxylic acids is 1. The minimum Gasteiger partial charge on any atom is -0.373 e. The number of nitrogens with zero attached hydrogens (tertiary/aromatic N) is 4. The SMILES string of the molecule is CCc1c(NC)ncnc1N1CCN(C(C)=O)CC1. The Morgan fingerprint density at radius 1 is 1.32 bits per heavy atom. The Kier molecular flexibility index (Phi) is 4.19. The summed E-state index contributed by atoms with van der Waals surface area (Å²) in [5.41, 5.74) is 1.14. The minimum absolute atomic E-state index is 0.147. The predicted octanol–water partition coefficient (Wildman–Crippen LogP) is 0.749. The average molecular weight is 263 g/mol. The maximum absolute atomic E-state index is 11.3. The molecule has 1 aromatic heterocycles. The third-order valence-corrected chi connectivity index (χ3v) is 3.54. The maximum atomic E-state index is 11.3. The van der Waals surface area contributed by atoms with E-state index >= 15 is 0 Å². The van der Waals surface area contributed by atoms with E-state index in [-0.39, 0.29) is 5.91 Å². The molecule has 0 bridgehead atoms. The van der Waals surface area contributed by atoms with Crippen molar-refractivity contribution in [3.05, 3.63) is 11.9 Å². The zero-order chi connectivity index (χ0) is 13.8. The van der Waals surface area contributed by atoms with E-state index < -0.39 is 0 Å². The number of amides is 1.